The second-order valence-corrected chi connectivity index (χ2v) is 6.26. The molecule has 3 N–H and O–H groups in total. The fourth-order valence-corrected chi connectivity index (χ4v) is 2.69. The van der Waals surface area contributed by atoms with Gasteiger partial charge in [0.15, 0.2) is 0 Å². The largest absolute Gasteiger partial charge is 0.467 e. The number of methoxy groups -OCH3 is 1. The van der Waals surface area contributed by atoms with Crippen molar-refractivity contribution in [3.63, 3.8) is 0 Å². The van der Waals surface area contributed by atoms with Crippen LogP contribution in [0.2, 0.25) is 0 Å². The highest BCUT2D eigenvalue weighted by atomic mass is 16.5. The van der Waals surface area contributed by atoms with Crippen LogP contribution in [-0.2, 0) is 20.7 Å². The Labute approximate surface area is 146 Å². The first kappa shape index (κ1) is 18.5. The Kier molecular flexibility index (Phi) is 6.16. The molecule has 2 rings (SSSR count). The molecular formula is C18H23N3O4. The first-order valence-electron chi connectivity index (χ1n) is 8.10. The lowest BCUT2D eigenvalue weighted by Gasteiger charge is -2.18. The maximum Gasteiger partial charge on any atom is 0.328 e. The van der Waals surface area contributed by atoms with Crippen LogP contribution in [0.15, 0.2) is 35.6 Å². The van der Waals surface area contributed by atoms with E-state index in [1.54, 1.807) is 6.20 Å². The minimum Gasteiger partial charge on any atom is -0.467 e. The highest BCUT2D eigenvalue weighted by Crippen LogP contribution is 2.18. The summed E-state index contributed by atoms with van der Waals surface area (Å²) in [5.74, 6) is -0.928. The molecule has 0 saturated heterocycles. The van der Waals surface area contributed by atoms with E-state index in [0.29, 0.717) is 6.42 Å². The molecule has 7 heteroatoms. The Morgan fingerprint density at radius 1 is 1.32 bits per heavy atom. The molecule has 0 radical (unpaired) electrons. The van der Waals surface area contributed by atoms with Gasteiger partial charge in [0.05, 0.1) is 7.11 Å². The fourth-order valence-electron chi connectivity index (χ4n) is 2.69. The van der Waals surface area contributed by atoms with Gasteiger partial charge in [0.2, 0.25) is 0 Å². The fraction of sp³-hybridized carbons (Fsp3) is 0.389. The van der Waals surface area contributed by atoms with Crippen LogP contribution in [-0.4, -0.2) is 40.9 Å². The molecule has 2 aromatic rings. The quantitative estimate of drug-likeness (QED) is 0.310. The lowest BCUT2D eigenvalue weighted by Crippen LogP contribution is -2.45. The van der Waals surface area contributed by atoms with Crippen LogP contribution >= 0.6 is 0 Å². The molecule has 25 heavy (non-hydrogen) atoms. The van der Waals surface area contributed by atoms with E-state index < -0.39 is 17.9 Å². The van der Waals surface area contributed by atoms with E-state index in [9.17, 15) is 14.8 Å². The second-order valence-electron chi connectivity index (χ2n) is 6.26. The van der Waals surface area contributed by atoms with Crippen molar-refractivity contribution in [1.29, 1.82) is 0 Å². The van der Waals surface area contributed by atoms with Gasteiger partial charge in [0.25, 0.3) is 5.91 Å². The number of benzene rings is 1. The number of oxime groups is 1. The molecule has 134 valence electrons. The lowest BCUT2D eigenvalue weighted by atomic mass is 10.0. The summed E-state index contributed by atoms with van der Waals surface area (Å²) in [6.45, 7) is 3.88. The van der Waals surface area contributed by atoms with Gasteiger partial charge in [-0.3, -0.25) is 4.79 Å². The van der Waals surface area contributed by atoms with Crippen molar-refractivity contribution in [2.45, 2.75) is 32.7 Å². The van der Waals surface area contributed by atoms with Crippen molar-refractivity contribution in [2.24, 2.45) is 11.1 Å². The molecule has 1 aromatic heterocycles. The molecule has 1 aromatic carbocycles. The van der Waals surface area contributed by atoms with E-state index in [1.165, 1.54) is 7.11 Å². The molecule has 0 fully saturated rings. The summed E-state index contributed by atoms with van der Waals surface area (Å²) in [5.41, 5.74) is 1.70. The smallest absolute Gasteiger partial charge is 0.328 e. The summed E-state index contributed by atoms with van der Waals surface area (Å²) >= 11 is 0. The summed E-state index contributed by atoms with van der Waals surface area (Å²) in [4.78, 5) is 27.4. The monoisotopic (exact) mass is 345 g/mol. The van der Waals surface area contributed by atoms with E-state index in [4.69, 9.17) is 4.74 Å². The van der Waals surface area contributed by atoms with Gasteiger partial charge < -0.3 is 20.2 Å². The number of nitrogens with zero attached hydrogens (tertiary/aromatic N) is 1. The summed E-state index contributed by atoms with van der Waals surface area (Å²) in [6.07, 6.45) is 2.35. The first-order chi connectivity index (χ1) is 12.0. The third-order valence-electron chi connectivity index (χ3n) is 3.91. The number of esters is 1. The standard InChI is InChI=1S/C18H23N3O4/c1-11(2)8-16(18(23)25-3)20-17(22)15(21-24)9-12-10-19-14-7-5-4-6-13(12)14/h4-7,10-11,16,19,24H,8-9H2,1-3H3,(H,20,22)/t16-/m0/s1. The number of hydrogen-bond donors (Lipinski definition) is 3. The van der Waals surface area contributed by atoms with Gasteiger partial charge in [-0.25, -0.2) is 4.79 Å². The third-order valence-corrected chi connectivity index (χ3v) is 3.91. The number of amides is 1. The van der Waals surface area contributed by atoms with E-state index >= 15 is 0 Å². The Morgan fingerprint density at radius 3 is 2.68 bits per heavy atom. The number of hydrogen-bond acceptors (Lipinski definition) is 5. The molecule has 0 aliphatic heterocycles. The summed E-state index contributed by atoms with van der Waals surface area (Å²) in [7, 11) is 1.27. The normalized spacial score (nSPS) is 13.0. The first-order valence-corrected chi connectivity index (χ1v) is 8.10. The van der Waals surface area contributed by atoms with Crippen LogP contribution in [0.5, 0.6) is 0 Å². The predicted octanol–water partition coefficient (Wildman–Crippen LogP) is 2.24. The highest BCUT2D eigenvalue weighted by Gasteiger charge is 2.25. The zero-order chi connectivity index (χ0) is 18.4. The van der Waals surface area contributed by atoms with Crippen molar-refractivity contribution in [3.05, 3.63) is 36.0 Å². The Morgan fingerprint density at radius 2 is 2.04 bits per heavy atom. The molecule has 0 spiro atoms. The number of aromatic amines is 1. The molecule has 0 bridgehead atoms. The number of para-hydroxylation sites is 1. The molecular weight excluding hydrogens is 322 g/mol. The second kappa shape index (κ2) is 8.32. The number of rotatable bonds is 7. The molecule has 0 unspecified atom stereocenters. The minimum atomic E-state index is -0.780. The van der Waals surface area contributed by atoms with Crippen molar-refractivity contribution in [2.75, 3.05) is 7.11 Å². The van der Waals surface area contributed by atoms with Gasteiger partial charge in [0.1, 0.15) is 11.8 Å². The summed E-state index contributed by atoms with van der Waals surface area (Å²) in [5, 5.41) is 15.9. The number of carbonyl (C=O) groups is 2. The number of ether oxygens (including phenoxy) is 1. The molecule has 7 nitrogen and oxygen atoms in total. The molecule has 0 aliphatic carbocycles. The van der Waals surface area contributed by atoms with Crippen LogP contribution in [0.4, 0.5) is 0 Å². The van der Waals surface area contributed by atoms with Gasteiger partial charge in [-0.15, -0.1) is 0 Å². The van der Waals surface area contributed by atoms with Crippen LogP contribution in [0, 0.1) is 5.92 Å². The van der Waals surface area contributed by atoms with Gasteiger partial charge in [-0.05, 0) is 24.0 Å². The summed E-state index contributed by atoms with van der Waals surface area (Å²) in [6, 6.07) is 6.86. The number of nitrogens with one attached hydrogen (secondary N) is 2. The van der Waals surface area contributed by atoms with Crippen LogP contribution in [0.25, 0.3) is 10.9 Å². The Balaban J connectivity index is 2.13. The number of fused-ring (bicyclic) bond motifs is 1. The number of H-pyrrole nitrogens is 1. The maximum absolute atomic E-state index is 12.4. The molecule has 1 atom stereocenters. The van der Waals surface area contributed by atoms with Crippen LogP contribution < -0.4 is 5.32 Å². The van der Waals surface area contributed by atoms with E-state index in [2.05, 4.69) is 15.5 Å². The van der Waals surface area contributed by atoms with Gasteiger partial charge in [-0.1, -0.05) is 37.2 Å². The number of aromatic nitrogens is 1. The molecule has 0 aliphatic rings. The van der Waals surface area contributed by atoms with Crippen molar-refractivity contribution in [3.8, 4) is 0 Å². The topological polar surface area (TPSA) is 104 Å². The highest BCUT2D eigenvalue weighted by molar-refractivity contribution is 6.39. The lowest BCUT2D eigenvalue weighted by molar-refractivity contribution is -0.144. The summed E-state index contributed by atoms with van der Waals surface area (Å²) < 4.78 is 4.73. The van der Waals surface area contributed by atoms with E-state index in [1.807, 2.05) is 38.1 Å². The average molecular weight is 345 g/mol. The van der Waals surface area contributed by atoms with Crippen molar-refractivity contribution >= 4 is 28.5 Å². The zero-order valence-corrected chi connectivity index (χ0v) is 14.6. The molecule has 1 heterocycles. The van der Waals surface area contributed by atoms with E-state index in [-0.39, 0.29) is 18.1 Å². The van der Waals surface area contributed by atoms with Crippen LogP contribution in [0.1, 0.15) is 25.8 Å². The molecule has 0 saturated carbocycles. The van der Waals surface area contributed by atoms with Crippen molar-refractivity contribution < 1.29 is 19.5 Å². The number of carbonyl (C=O) groups excluding carboxylic acids is 2. The Bertz CT molecular complexity index is 779. The van der Waals surface area contributed by atoms with E-state index in [0.717, 1.165) is 16.5 Å². The average Bonchev–Trinajstić information content (AvgIpc) is 3.00. The van der Waals surface area contributed by atoms with Gasteiger partial charge >= 0.3 is 5.97 Å². The predicted molar refractivity (Wildman–Crippen MR) is 94.6 cm³/mol. The maximum atomic E-state index is 12.4. The van der Waals surface area contributed by atoms with Crippen LogP contribution in [0.3, 0.4) is 0 Å². The Hall–Kier alpha value is -2.83. The third kappa shape index (κ3) is 4.59. The minimum absolute atomic E-state index is 0.0672. The van der Waals surface area contributed by atoms with Crippen molar-refractivity contribution in [1.82, 2.24) is 10.3 Å². The molecule has 1 amide bonds. The zero-order valence-electron chi connectivity index (χ0n) is 14.6. The SMILES string of the molecule is COC(=O)[C@H](CC(C)C)NC(=O)C(Cc1c[nH]c2ccccc12)=NO. The van der Waals surface area contributed by atoms with Gasteiger partial charge in [0, 0.05) is 23.5 Å². The van der Waals surface area contributed by atoms with Gasteiger partial charge in [-0.2, -0.15) is 0 Å².